The van der Waals surface area contributed by atoms with Gasteiger partial charge in [0.25, 0.3) is 0 Å². The van der Waals surface area contributed by atoms with Crippen molar-refractivity contribution in [1.29, 1.82) is 0 Å². The Kier molecular flexibility index (Phi) is 5.26. The maximum Gasteiger partial charge on any atom is 0.161 e. The lowest BCUT2D eigenvalue weighted by Crippen LogP contribution is -2.33. The van der Waals surface area contributed by atoms with E-state index in [1.807, 2.05) is 6.07 Å². The molecule has 0 saturated carbocycles. The number of rotatable bonds is 6. The van der Waals surface area contributed by atoms with Crippen molar-refractivity contribution in [2.75, 3.05) is 26.3 Å². The zero-order chi connectivity index (χ0) is 14.5. The molecule has 1 aromatic rings. The van der Waals surface area contributed by atoms with Crippen molar-refractivity contribution >= 4 is 0 Å². The van der Waals surface area contributed by atoms with Gasteiger partial charge in [0, 0.05) is 6.04 Å². The molecule has 0 saturated heterocycles. The third kappa shape index (κ3) is 3.64. The van der Waals surface area contributed by atoms with E-state index in [2.05, 4.69) is 38.2 Å². The first-order valence-corrected chi connectivity index (χ1v) is 7.44. The molecule has 0 fully saturated rings. The van der Waals surface area contributed by atoms with Crippen LogP contribution in [0.3, 0.4) is 0 Å². The second-order valence-electron chi connectivity index (χ2n) is 5.77. The molecule has 0 spiro atoms. The van der Waals surface area contributed by atoms with Gasteiger partial charge in [-0.25, -0.2) is 0 Å². The maximum absolute atomic E-state index is 5.81. The Morgan fingerprint density at radius 1 is 1.15 bits per heavy atom. The zero-order valence-electron chi connectivity index (χ0n) is 12.7. The Morgan fingerprint density at radius 2 is 1.85 bits per heavy atom. The fourth-order valence-corrected chi connectivity index (χ4v) is 2.37. The fraction of sp³-hybridized carbons (Fsp3) is 0.625. The Bertz CT molecular complexity index is 434. The fourth-order valence-electron chi connectivity index (χ4n) is 2.37. The van der Waals surface area contributed by atoms with Crippen molar-refractivity contribution in [3.8, 4) is 11.5 Å². The topological polar surface area (TPSA) is 56.5 Å². The van der Waals surface area contributed by atoms with Crippen LogP contribution in [0.25, 0.3) is 0 Å². The van der Waals surface area contributed by atoms with Gasteiger partial charge in [0.15, 0.2) is 11.5 Å². The van der Waals surface area contributed by atoms with E-state index in [4.69, 9.17) is 15.2 Å². The largest absolute Gasteiger partial charge is 0.486 e. The van der Waals surface area contributed by atoms with Gasteiger partial charge < -0.3 is 20.5 Å². The minimum atomic E-state index is 0.277. The van der Waals surface area contributed by atoms with E-state index < -0.39 is 0 Å². The van der Waals surface area contributed by atoms with Gasteiger partial charge >= 0.3 is 0 Å². The molecule has 2 rings (SSSR count). The molecule has 2 unspecified atom stereocenters. The predicted octanol–water partition coefficient (Wildman–Crippen LogP) is 2.34. The average Bonchev–Trinajstić information content (AvgIpc) is 2.46. The van der Waals surface area contributed by atoms with E-state index in [-0.39, 0.29) is 6.04 Å². The predicted molar refractivity (Wildman–Crippen MR) is 81.2 cm³/mol. The molecule has 20 heavy (non-hydrogen) atoms. The summed E-state index contributed by atoms with van der Waals surface area (Å²) in [6.45, 7) is 9.51. The van der Waals surface area contributed by atoms with Crippen LogP contribution >= 0.6 is 0 Å². The molecular formula is C16H26N2O2. The van der Waals surface area contributed by atoms with Crippen molar-refractivity contribution in [2.24, 2.45) is 17.6 Å². The van der Waals surface area contributed by atoms with Gasteiger partial charge in [-0.15, -0.1) is 0 Å². The van der Waals surface area contributed by atoms with Crippen molar-refractivity contribution in [3.05, 3.63) is 23.8 Å². The molecule has 112 valence electrons. The van der Waals surface area contributed by atoms with Crippen LogP contribution in [0, 0.1) is 11.8 Å². The van der Waals surface area contributed by atoms with Crippen LogP contribution in [-0.4, -0.2) is 26.3 Å². The second-order valence-corrected chi connectivity index (χ2v) is 5.77. The summed E-state index contributed by atoms with van der Waals surface area (Å²) in [5, 5.41) is 3.56. The number of hydrogen-bond donors (Lipinski definition) is 2. The summed E-state index contributed by atoms with van der Waals surface area (Å²) in [6, 6.07) is 6.43. The van der Waals surface area contributed by atoms with Gasteiger partial charge in [0.05, 0.1) is 0 Å². The summed E-state index contributed by atoms with van der Waals surface area (Å²) < 4.78 is 11.2. The smallest absolute Gasteiger partial charge is 0.161 e. The van der Waals surface area contributed by atoms with Gasteiger partial charge in [-0.3, -0.25) is 0 Å². The summed E-state index contributed by atoms with van der Waals surface area (Å²) >= 11 is 0. The van der Waals surface area contributed by atoms with Gasteiger partial charge in [-0.05, 0) is 49.5 Å². The van der Waals surface area contributed by atoms with E-state index in [1.54, 1.807) is 0 Å². The molecule has 1 heterocycles. The van der Waals surface area contributed by atoms with E-state index in [0.717, 1.165) is 24.6 Å². The van der Waals surface area contributed by atoms with Crippen molar-refractivity contribution in [2.45, 2.75) is 26.8 Å². The van der Waals surface area contributed by atoms with Crippen LogP contribution in [0.5, 0.6) is 11.5 Å². The molecule has 0 aliphatic carbocycles. The van der Waals surface area contributed by atoms with Gasteiger partial charge in [0.2, 0.25) is 0 Å². The third-order valence-corrected chi connectivity index (χ3v) is 4.00. The molecule has 0 radical (unpaired) electrons. The SMILES string of the molecule is CC(NCC(CN)C(C)C)c1ccc2c(c1)OCCO2. The highest BCUT2D eigenvalue weighted by Gasteiger charge is 2.16. The molecule has 2 atom stereocenters. The summed E-state index contributed by atoms with van der Waals surface area (Å²) in [5.41, 5.74) is 7.03. The average molecular weight is 278 g/mol. The molecule has 1 aliphatic rings. The first-order valence-electron chi connectivity index (χ1n) is 7.44. The lowest BCUT2D eigenvalue weighted by Gasteiger charge is -2.24. The van der Waals surface area contributed by atoms with E-state index in [9.17, 15) is 0 Å². The number of fused-ring (bicyclic) bond motifs is 1. The molecule has 0 amide bonds. The number of ether oxygens (including phenoxy) is 2. The molecule has 4 heteroatoms. The molecule has 4 nitrogen and oxygen atoms in total. The molecular weight excluding hydrogens is 252 g/mol. The van der Waals surface area contributed by atoms with Crippen molar-refractivity contribution in [3.63, 3.8) is 0 Å². The third-order valence-electron chi connectivity index (χ3n) is 4.00. The van der Waals surface area contributed by atoms with Crippen LogP contribution in [0.1, 0.15) is 32.4 Å². The highest BCUT2D eigenvalue weighted by Crippen LogP contribution is 2.32. The van der Waals surface area contributed by atoms with E-state index in [1.165, 1.54) is 5.56 Å². The maximum atomic E-state index is 5.81. The van der Waals surface area contributed by atoms with Gasteiger partial charge in [0.1, 0.15) is 13.2 Å². The number of benzene rings is 1. The minimum Gasteiger partial charge on any atom is -0.486 e. The van der Waals surface area contributed by atoms with Crippen LogP contribution in [0.4, 0.5) is 0 Å². The summed E-state index contributed by atoms with van der Waals surface area (Å²) in [5.74, 6) is 2.80. The lowest BCUT2D eigenvalue weighted by atomic mass is 9.95. The summed E-state index contributed by atoms with van der Waals surface area (Å²) in [6.07, 6.45) is 0. The van der Waals surface area contributed by atoms with Crippen LogP contribution in [0.15, 0.2) is 18.2 Å². The Hall–Kier alpha value is -1.26. The van der Waals surface area contributed by atoms with Crippen molar-refractivity contribution in [1.82, 2.24) is 5.32 Å². The highest BCUT2D eigenvalue weighted by molar-refractivity contribution is 5.44. The highest BCUT2D eigenvalue weighted by atomic mass is 16.6. The molecule has 3 N–H and O–H groups in total. The molecule has 0 aromatic heterocycles. The lowest BCUT2D eigenvalue weighted by molar-refractivity contribution is 0.171. The first-order chi connectivity index (χ1) is 9.61. The van der Waals surface area contributed by atoms with Crippen LogP contribution in [0.2, 0.25) is 0 Å². The standard InChI is InChI=1S/C16H26N2O2/c1-11(2)14(9-17)10-18-12(3)13-4-5-15-16(8-13)20-7-6-19-15/h4-5,8,11-12,14,18H,6-7,9-10,17H2,1-3H3. The van der Waals surface area contributed by atoms with Crippen molar-refractivity contribution < 1.29 is 9.47 Å². The summed E-state index contributed by atoms with van der Waals surface area (Å²) in [4.78, 5) is 0. The number of nitrogens with two attached hydrogens (primary N) is 1. The molecule has 1 aliphatic heterocycles. The monoisotopic (exact) mass is 278 g/mol. The normalized spacial score (nSPS) is 17.1. The first kappa shape index (κ1) is 15.1. The quantitative estimate of drug-likeness (QED) is 0.838. The van der Waals surface area contributed by atoms with E-state index in [0.29, 0.717) is 25.0 Å². The van der Waals surface area contributed by atoms with Crippen LogP contribution in [-0.2, 0) is 0 Å². The number of nitrogens with one attached hydrogen (secondary N) is 1. The second kappa shape index (κ2) is 6.95. The number of hydrogen-bond acceptors (Lipinski definition) is 4. The van der Waals surface area contributed by atoms with Crippen LogP contribution < -0.4 is 20.5 Å². The Balaban J connectivity index is 1.97. The van der Waals surface area contributed by atoms with Gasteiger partial charge in [-0.2, -0.15) is 0 Å². The molecule has 0 bridgehead atoms. The van der Waals surface area contributed by atoms with Gasteiger partial charge in [-0.1, -0.05) is 19.9 Å². The summed E-state index contributed by atoms with van der Waals surface area (Å²) in [7, 11) is 0. The Labute approximate surface area is 121 Å². The zero-order valence-corrected chi connectivity index (χ0v) is 12.7. The van der Waals surface area contributed by atoms with E-state index >= 15 is 0 Å². The Morgan fingerprint density at radius 3 is 2.50 bits per heavy atom. The molecule has 1 aromatic carbocycles. The minimum absolute atomic E-state index is 0.277.